The Balaban J connectivity index is 1.76. The Labute approximate surface area is 181 Å². The number of sulfonamides is 1. The Morgan fingerprint density at radius 2 is 1.97 bits per heavy atom. The van der Waals surface area contributed by atoms with Crippen LogP contribution in [0.3, 0.4) is 0 Å². The molecule has 0 radical (unpaired) electrons. The molecule has 0 atom stereocenters. The number of aryl methyl sites for hydroxylation is 2. The van der Waals surface area contributed by atoms with Crippen molar-refractivity contribution >= 4 is 33.2 Å². The van der Waals surface area contributed by atoms with E-state index in [-0.39, 0.29) is 30.2 Å². The van der Waals surface area contributed by atoms with Crippen LogP contribution < -0.4 is 10.2 Å². The molecule has 2 aromatic rings. The number of carbonyl (C=O) groups excluding carboxylic acids is 1. The van der Waals surface area contributed by atoms with Gasteiger partial charge in [0.25, 0.3) is 15.9 Å². The van der Waals surface area contributed by atoms with Gasteiger partial charge in [0, 0.05) is 63.8 Å². The second kappa shape index (κ2) is 9.34. The Morgan fingerprint density at radius 1 is 1.27 bits per heavy atom. The molecule has 1 saturated heterocycles. The summed E-state index contributed by atoms with van der Waals surface area (Å²) < 4.78 is 34.1. The molecule has 1 N–H and O–H groups in total. The molecule has 1 fully saturated rings. The van der Waals surface area contributed by atoms with Gasteiger partial charge in [-0.2, -0.15) is 9.40 Å². The van der Waals surface area contributed by atoms with Gasteiger partial charge in [-0.15, -0.1) is 0 Å². The summed E-state index contributed by atoms with van der Waals surface area (Å²) in [7, 11) is -0.802. The van der Waals surface area contributed by atoms with Crippen molar-refractivity contribution in [3.8, 4) is 0 Å². The number of anilines is 1. The van der Waals surface area contributed by atoms with Crippen molar-refractivity contribution in [3.05, 3.63) is 40.5 Å². The summed E-state index contributed by atoms with van der Waals surface area (Å²) in [6, 6.07) is 5.67. The van der Waals surface area contributed by atoms with Crippen LogP contribution in [0, 0.1) is 6.92 Å². The van der Waals surface area contributed by atoms with Gasteiger partial charge in [-0.25, -0.2) is 8.42 Å². The summed E-state index contributed by atoms with van der Waals surface area (Å²) >= 11 is 6.12. The molecular weight excluding hydrogens is 430 g/mol. The lowest BCUT2D eigenvalue weighted by molar-refractivity contribution is 0.0933. The van der Waals surface area contributed by atoms with E-state index in [1.54, 1.807) is 7.05 Å². The molecule has 1 aliphatic heterocycles. The number of carbonyl (C=O) groups is 1. The van der Waals surface area contributed by atoms with Crippen molar-refractivity contribution in [3.63, 3.8) is 0 Å². The quantitative estimate of drug-likeness (QED) is 0.631. The molecule has 0 saturated carbocycles. The average Bonchev–Trinajstić information content (AvgIpc) is 3.13. The maximum absolute atomic E-state index is 13.2. The number of benzene rings is 1. The second-order valence-corrected chi connectivity index (χ2v) is 9.38. The number of ether oxygens (including phenoxy) is 1. The molecule has 0 unspecified atom stereocenters. The van der Waals surface area contributed by atoms with Gasteiger partial charge in [-0.05, 0) is 24.6 Å². The minimum absolute atomic E-state index is 0.0294. The third kappa shape index (κ3) is 4.77. The highest BCUT2D eigenvalue weighted by Gasteiger charge is 2.34. The zero-order valence-electron chi connectivity index (χ0n) is 17.3. The molecule has 1 aliphatic rings. The van der Waals surface area contributed by atoms with Crippen LogP contribution in [0.25, 0.3) is 0 Å². The summed E-state index contributed by atoms with van der Waals surface area (Å²) in [5, 5.41) is 7.13. The maximum atomic E-state index is 13.2. The minimum atomic E-state index is -3.91. The normalized spacial score (nSPS) is 15.4. The molecule has 30 heavy (non-hydrogen) atoms. The number of piperazine rings is 1. The lowest BCUT2D eigenvalue weighted by Crippen LogP contribution is -2.49. The predicted molar refractivity (Wildman–Crippen MR) is 115 cm³/mol. The number of nitrogens with zero attached hydrogens (tertiary/aromatic N) is 4. The van der Waals surface area contributed by atoms with Gasteiger partial charge in [0.1, 0.15) is 0 Å². The highest BCUT2D eigenvalue weighted by atomic mass is 35.5. The molecule has 1 aromatic heterocycles. The molecule has 0 spiro atoms. The average molecular weight is 456 g/mol. The number of methoxy groups -OCH3 is 1. The van der Waals surface area contributed by atoms with E-state index in [2.05, 4.69) is 15.3 Å². The lowest BCUT2D eigenvalue weighted by Gasteiger charge is -2.35. The van der Waals surface area contributed by atoms with Crippen LogP contribution in [-0.2, 0) is 21.8 Å². The Morgan fingerprint density at radius 3 is 2.63 bits per heavy atom. The van der Waals surface area contributed by atoms with Gasteiger partial charge >= 0.3 is 0 Å². The standard InChI is InChI=1S/C19H26ClN5O4S/c1-14-4-5-15(20)12-17(14)24-7-9-25(10-8-24)30(27,28)19-16(13-23(2)22-19)18(26)21-6-11-29-3/h4-5,12-13H,6-11H2,1-3H3,(H,21,26). The van der Waals surface area contributed by atoms with E-state index in [1.165, 1.54) is 22.3 Å². The zero-order chi connectivity index (χ0) is 21.9. The van der Waals surface area contributed by atoms with Crippen molar-refractivity contribution in [1.82, 2.24) is 19.4 Å². The van der Waals surface area contributed by atoms with E-state index in [0.717, 1.165) is 11.3 Å². The van der Waals surface area contributed by atoms with Gasteiger partial charge in [-0.3, -0.25) is 9.48 Å². The van der Waals surface area contributed by atoms with Crippen molar-refractivity contribution < 1.29 is 17.9 Å². The van der Waals surface area contributed by atoms with Gasteiger partial charge in [0.2, 0.25) is 5.03 Å². The van der Waals surface area contributed by atoms with Gasteiger partial charge in [0.05, 0.1) is 12.2 Å². The van der Waals surface area contributed by atoms with Gasteiger partial charge < -0.3 is 15.0 Å². The molecule has 9 nitrogen and oxygen atoms in total. The molecule has 1 amide bonds. The molecular formula is C19H26ClN5O4S. The van der Waals surface area contributed by atoms with E-state index < -0.39 is 15.9 Å². The molecule has 0 aliphatic carbocycles. The molecule has 1 aromatic carbocycles. The summed E-state index contributed by atoms with van der Waals surface area (Å²) in [6.07, 6.45) is 1.42. The first-order valence-electron chi connectivity index (χ1n) is 9.56. The SMILES string of the molecule is COCCNC(=O)c1cn(C)nc1S(=O)(=O)N1CCN(c2cc(Cl)ccc2C)CC1. The number of hydrogen-bond acceptors (Lipinski definition) is 6. The molecule has 11 heteroatoms. The van der Waals surface area contributed by atoms with Gasteiger partial charge in [0.15, 0.2) is 0 Å². The summed E-state index contributed by atoms with van der Waals surface area (Å²) in [5.74, 6) is -0.494. The van der Waals surface area contributed by atoms with Crippen LogP contribution in [0.1, 0.15) is 15.9 Å². The number of halogens is 1. The van der Waals surface area contributed by atoms with Crippen LogP contribution >= 0.6 is 11.6 Å². The van der Waals surface area contributed by atoms with Crippen molar-refractivity contribution in [1.29, 1.82) is 0 Å². The minimum Gasteiger partial charge on any atom is -0.383 e. The highest BCUT2D eigenvalue weighted by molar-refractivity contribution is 7.89. The van der Waals surface area contributed by atoms with Crippen LogP contribution in [-0.4, -0.2) is 74.9 Å². The van der Waals surface area contributed by atoms with Crippen molar-refractivity contribution in [2.24, 2.45) is 7.05 Å². The van der Waals surface area contributed by atoms with Crippen molar-refractivity contribution in [2.75, 3.05) is 51.3 Å². The molecule has 2 heterocycles. The fourth-order valence-corrected chi connectivity index (χ4v) is 5.10. The van der Waals surface area contributed by atoms with E-state index >= 15 is 0 Å². The number of rotatable bonds is 7. The fraction of sp³-hybridized carbons (Fsp3) is 0.474. The van der Waals surface area contributed by atoms with Gasteiger partial charge in [-0.1, -0.05) is 17.7 Å². The Bertz CT molecular complexity index is 1020. The topological polar surface area (TPSA) is 96.8 Å². The smallest absolute Gasteiger partial charge is 0.263 e. The zero-order valence-corrected chi connectivity index (χ0v) is 18.8. The monoisotopic (exact) mass is 455 g/mol. The number of nitrogens with one attached hydrogen (secondary N) is 1. The number of aromatic nitrogens is 2. The fourth-order valence-electron chi connectivity index (χ4n) is 3.39. The van der Waals surface area contributed by atoms with Crippen LogP contribution in [0.5, 0.6) is 0 Å². The third-order valence-electron chi connectivity index (χ3n) is 4.97. The van der Waals surface area contributed by atoms with E-state index in [4.69, 9.17) is 16.3 Å². The van der Waals surface area contributed by atoms with Crippen molar-refractivity contribution in [2.45, 2.75) is 11.9 Å². The second-order valence-electron chi connectivity index (χ2n) is 7.09. The molecule has 164 valence electrons. The highest BCUT2D eigenvalue weighted by Crippen LogP contribution is 2.27. The maximum Gasteiger partial charge on any atom is 0.263 e. The number of hydrogen-bond donors (Lipinski definition) is 1. The Hall–Kier alpha value is -2.14. The lowest BCUT2D eigenvalue weighted by atomic mass is 10.1. The largest absolute Gasteiger partial charge is 0.383 e. The van der Waals surface area contributed by atoms with Crippen LogP contribution in [0.15, 0.2) is 29.4 Å². The third-order valence-corrected chi connectivity index (χ3v) is 7.04. The van der Waals surface area contributed by atoms with E-state index in [9.17, 15) is 13.2 Å². The predicted octanol–water partition coefficient (Wildman–Crippen LogP) is 1.27. The summed E-state index contributed by atoms with van der Waals surface area (Å²) in [5.41, 5.74) is 2.10. The molecule has 3 rings (SSSR count). The summed E-state index contributed by atoms with van der Waals surface area (Å²) in [4.78, 5) is 14.6. The first-order chi connectivity index (χ1) is 14.2. The first kappa shape index (κ1) is 22.5. The van der Waals surface area contributed by atoms with E-state index in [0.29, 0.717) is 24.7 Å². The Kier molecular flexibility index (Phi) is 7.02. The molecule has 0 bridgehead atoms. The van der Waals surface area contributed by atoms with Crippen LogP contribution in [0.2, 0.25) is 5.02 Å². The number of amides is 1. The van der Waals surface area contributed by atoms with Crippen LogP contribution in [0.4, 0.5) is 5.69 Å². The van der Waals surface area contributed by atoms with E-state index in [1.807, 2.05) is 25.1 Å². The first-order valence-corrected chi connectivity index (χ1v) is 11.4. The summed E-state index contributed by atoms with van der Waals surface area (Å²) in [6.45, 7) is 4.22.